The van der Waals surface area contributed by atoms with Crippen molar-refractivity contribution in [3.05, 3.63) is 29.8 Å². The van der Waals surface area contributed by atoms with Gasteiger partial charge in [0.05, 0.1) is 7.11 Å². The first-order valence-electron chi connectivity index (χ1n) is 4.75. The van der Waals surface area contributed by atoms with Crippen LogP contribution in [0, 0.1) is 0 Å². The molecule has 78 valence electrons. The van der Waals surface area contributed by atoms with E-state index in [4.69, 9.17) is 4.74 Å². The molecule has 0 unspecified atom stereocenters. The SMILES string of the molecule is COc1ccccc1CNC1CC1.[Cl-]. The van der Waals surface area contributed by atoms with Crippen molar-refractivity contribution in [2.45, 2.75) is 25.4 Å². The molecule has 2 nitrogen and oxygen atoms in total. The van der Waals surface area contributed by atoms with Gasteiger partial charge >= 0.3 is 0 Å². The molecule has 3 heteroatoms. The molecule has 0 spiro atoms. The van der Waals surface area contributed by atoms with Gasteiger partial charge in [0.1, 0.15) is 5.75 Å². The molecule has 1 aliphatic rings. The summed E-state index contributed by atoms with van der Waals surface area (Å²) in [6.45, 7) is 0.925. The molecule has 0 radical (unpaired) electrons. The van der Waals surface area contributed by atoms with E-state index in [0.717, 1.165) is 18.3 Å². The highest BCUT2D eigenvalue weighted by molar-refractivity contribution is 5.33. The topological polar surface area (TPSA) is 21.3 Å². The standard InChI is InChI=1S/C11H15NO.ClH/c1-13-11-5-3-2-4-9(11)8-12-10-6-7-10;/h2-5,10,12H,6-8H2,1H3;1H/p-1. The van der Waals surface area contributed by atoms with Gasteiger partial charge in [-0.25, -0.2) is 0 Å². The molecule has 2 rings (SSSR count). The quantitative estimate of drug-likeness (QED) is 0.688. The number of para-hydroxylation sites is 1. The number of ether oxygens (including phenoxy) is 1. The third-order valence-corrected chi connectivity index (χ3v) is 2.35. The molecule has 14 heavy (non-hydrogen) atoms. The highest BCUT2D eigenvalue weighted by Gasteiger charge is 2.20. The van der Waals surface area contributed by atoms with Crippen molar-refractivity contribution in [1.29, 1.82) is 0 Å². The van der Waals surface area contributed by atoms with E-state index >= 15 is 0 Å². The van der Waals surface area contributed by atoms with E-state index in [1.165, 1.54) is 18.4 Å². The molecule has 0 aliphatic heterocycles. The number of hydrogen-bond donors (Lipinski definition) is 1. The van der Waals surface area contributed by atoms with E-state index in [1.807, 2.05) is 18.2 Å². The Kier molecular flexibility index (Phi) is 4.23. The van der Waals surface area contributed by atoms with Crippen LogP contribution in [-0.2, 0) is 6.54 Å². The second-order valence-corrected chi connectivity index (χ2v) is 3.47. The van der Waals surface area contributed by atoms with Crippen LogP contribution in [0.25, 0.3) is 0 Å². The van der Waals surface area contributed by atoms with Crippen molar-refractivity contribution < 1.29 is 17.1 Å². The van der Waals surface area contributed by atoms with Crippen LogP contribution in [0.2, 0.25) is 0 Å². The van der Waals surface area contributed by atoms with Gasteiger partial charge < -0.3 is 22.5 Å². The first kappa shape index (κ1) is 11.3. The van der Waals surface area contributed by atoms with E-state index in [-0.39, 0.29) is 12.4 Å². The lowest BCUT2D eigenvalue weighted by Crippen LogP contribution is -3.00. The van der Waals surface area contributed by atoms with Crippen LogP contribution in [0.3, 0.4) is 0 Å². The molecule has 1 fully saturated rings. The molecule has 1 aliphatic carbocycles. The van der Waals surface area contributed by atoms with Gasteiger partial charge in [0.2, 0.25) is 0 Å². The van der Waals surface area contributed by atoms with Gasteiger partial charge in [0, 0.05) is 18.2 Å². The van der Waals surface area contributed by atoms with Crippen molar-refractivity contribution in [3.8, 4) is 5.75 Å². The smallest absolute Gasteiger partial charge is 0.123 e. The van der Waals surface area contributed by atoms with E-state index in [2.05, 4.69) is 11.4 Å². The monoisotopic (exact) mass is 212 g/mol. The van der Waals surface area contributed by atoms with Gasteiger partial charge in [-0.2, -0.15) is 0 Å². The van der Waals surface area contributed by atoms with Crippen LogP contribution in [0.4, 0.5) is 0 Å². The third kappa shape index (κ3) is 2.89. The molecule has 1 aromatic rings. The normalized spacial score (nSPS) is 14.6. The predicted molar refractivity (Wildman–Crippen MR) is 52.9 cm³/mol. The van der Waals surface area contributed by atoms with E-state index < -0.39 is 0 Å². The van der Waals surface area contributed by atoms with Crippen molar-refractivity contribution in [2.75, 3.05) is 7.11 Å². The molecule has 0 aromatic heterocycles. The maximum atomic E-state index is 5.26. The zero-order chi connectivity index (χ0) is 9.10. The fourth-order valence-corrected chi connectivity index (χ4v) is 1.39. The predicted octanol–water partition coefficient (Wildman–Crippen LogP) is -1.05. The molecule has 0 heterocycles. The third-order valence-electron chi connectivity index (χ3n) is 2.35. The Bertz CT molecular complexity index is 286. The van der Waals surface area contributed by atoms with Gasteiger partial charge in [-0.3, -0.25) is 0 Å². The minimum absolute atomic E-state index is 0. The Balaban J connectivity index is 0.000000980. The average Bonchev–Trinajstić information content (AvgIpc) is 2.99. The summed E-state index contributed by atoms with van der Waals surface area (Å²) < 4.78 is 5.26. The largest absolute Gasteiger partial charge is 1.00 e. The molecule has 0 atom stereocenters. The molecule has 1 N–H and O–H groups in total. The number of halogens is 1. The van der Waals surface area contributed by atoms with Crippen molar-refractivity contribution in [2.24, 2.45) is 0 Å². The van der Waals surface area contributed by atoms with E-state index in [9.17, 15) is 0 Å². The summed E-state index contributed by atoms with van der Waals surface area (Å²) in [6.07, 6.45) is 2.66. The summed E-state index contributed by atoms with van der Waals surface area (Å²) in [5.41, 5.74) is 1.25. The lowest BCUT2D eigenvalue weighted by atomic mass is 10.2. The van der Waals surface area contributed by atoms with Crippen molar-refractivity contribution in [3.63, 3.8) is 0 Å². The van der Waals surface area contributed by atoms with Gasteiger partial charge in [0.25, 0.3) is 0 Å². The second kappa shape index (κ2) is 5.23. The number of nitrogens with one attached hydrogen (secondary N) is 1. The Hall–Kier alpha value is -0.730. The Morgan fingerprint density at radius 3 is 2.71 bits per heavy atom. The Morgan fingerprint density at radius 1 is 1.36 bits per heavy atom. The fourth-order valence-electron chi connectivity index (χ4n) is 1.39. The maximum Gasteiger partial charge on any atom is 0.123 e. The number of rotatable bonds is 4. The summed E-state index contributed by atoms with van der Waals surface area (Å²) in [5, 5.41) is 3.47. The molecule has 1 aromatic carbocycles. The minimum Gasteiger partial charge on any atom is -1.00 e. The van der Waals surface area contributed by atoms with Crippen molar-refractivity contribution >= 4 is 0 Å². The molecule has 0 amide bonds. The van der Waals surface area contributed by atoms with Gasteiger partial charge in [-0.15, -0.1) is 0 Å². The Labute approximate surface area is 91.1 Å². The fraction of sp³-hybridized carbons (Fsp3) is 0.455. The van der Waals surface area contributed by atoms with Gasteiger partial charge in [0.15, 0.2) is 0 Å². The maximum absolute atomic E-state index is 5.26. The molecular formula is C11H15ClNO-. The van der Waals surface area contributed by atoms with Crippen LogP contribution in [0.15, 0.2) is 24.3 Å². The van der Waals surface area contributed by atoms with Crippen LogP contribution in [-0.4, -0.2) is 13.2 Å². The van der Waals surface area contributed by atoms with Crippen LogP contribution in [0.5, 0.6) is 5.75 Å². The van der Waals surface area contributed by atoms with Crippen LogP contribution < -0.4 is 22.5 Å². The van der Waals surface area contributed by atoms with E-state index in [0.29, 0.717) is 0 Å². The summed E-state index contributed by atoms with van der Waals surface area (Å²) in [4.78, 5) is 0. The number of hydrogen-bond acceptors (Lipinski definition) is 2. The number of methoxy groups -OCH3 is 1. The highest BCUT2D eigenvalue weighted by Crippen LogP contribution is 2.22. The van der Waals surface area contributed by atoms with Gasteiger partial charge in [-0.05, 0) is 18.9 Å². The molecule has 0 bridgehead atoms. The zero-order valence-corrected chi connectivity index (χ0v) is 9.05. The van der Waals surface area contributed by atoms with E-state index in [1.54, 1.807) is 7.11 Å². The summed E-state index contributed by atoms with van der Waals surface area (Å²) in [5.74, 6) is 0.982. The number of benzene rings is 1. The Morgan fingerprint density at radius 2 is 2.07 bits per heavy atom. The molecule has 1 saturated carbocycles. The molecular weight excluding hydrogens is 198 g/mol. The summed E-state index contributed by atoms with van der Waals surface area (Å²) >= 11 is 0. The first-order valence-corrected chi connectivity index (χ1v) is 4.75. The molecule has 0 saturated heterocycles. The average molecular weight is 213 g/mol. The minimum atomic E-state index is 0. The lowest BCUT2D eigenvalue weighted by molar-refractivity contribution is -0.00000302. The summed E-state index contributed by atoms with van der Waals surface area (Å²) in [7, 11) is 1.72. The summed E-state index contributed by atoms with van der Waals surface area (Å²) in [6, 6.07) is 8.91. The van der Waals surface area contributed by atoms with Gasteiger partial charge in [-0.1, -0.05) is 18.2 Å². The zero-order valence-electron chi connectivity index (χ0n) is 8.29. The van der Waals surface area contributed by atoms with Crippen LogP contribution >= 0.6 is 0 Å². The second-order valence-electron chi connectivity index (χ2n) is 3.47. The lowest BCUT2D eigenvalue weighted by Gasteiger charge is -2.08. The van der Waals surface area contributed by atoms with Crippen molar-refractivity contribution in [1.82, 2.24) is 5.32 Å². The first-order chi connectivity index (χ1) is 6.40. The highest BCUT2D eigenvalue weighted by atomic mass is 35.5. The van der Waals surface area contributed by atoms with Crippen LogP contribution in [0.1, 0.15) is 18.4 Å².